The summed E-state index contributed by atoms with van der Waals surface area (Å²) in [6, 6.07) is 12.9. The van der Waals surface area contributed by atoms with Gasteiger partial charge in [0.15, 0.2) is 11.2 Å². The van der Waals surface area contributed by atoms with E-state index in [1.165, 1.54) is 24.9 Å². The zero-order valence-electron chi connectivity index (χ0n) is 16.1. The lowest BCUT2D eigenvalue weighted by Gasteiger charge is -2.28. The molecule has 0 unspecified atom stereocenters. The summed E-state index contributed by atoms with van der Waals surface area (Å²) < 4.78 is 5.60. The van der Waals surface area contributed by atoms with Crippen LogP contribution in [0, 0.1) is 0 Å². The fraction of sp³-hybridized carbons (Fsp3) is 0.333. The van der Waals surface area contributed by atoms with E-state index < -0.39 is 6.10 Å². The molecule has 1 heterocycles. The van der Waals surface area contributed by atoms with Crippen LogP contribution in [0.3, 0.4) is 0 Å². The van der Waals surface area contributed by atoms with Gasteiger partial charge in [-0.1, -0.05) is 23.2 Å². The van der Waals surface area contributed by atoms with E-state index in [9.17, 15) is 4.79 Å². The largest absolute Gasteiger partial charge is 0.479 e. The second-order valence-electron chi connectivity index (χ2n) is 6.87. The molecule has 0 aliphatic carbocycles. The maximum Gasteiger partial charge on any atom is 0.266 e. The van der Waals surface area contributed by atoms with Crippen LogP contribution in [0.15, 0.2) is 42.5 Å². The number of hydrogen-bond acceptors (Lipinski definition) is 4. The predicted molar refractivity (Wildman–Crippen MR) is 123 cm³/mol. The first-order valence-corrected chi connectivity index (χ1v) is 10.7. The van der Waals surface area contributed by atoms with Crippen LogP contribution in [0.5, 0.6) is 5.75 Å². The van der Waals surface area contributed by atoms with E-state index in [2.05, 4.69) is 27.7 Å². The summed E-state index contributed by atoms with van der Waals surface area (Å²) in [5.41, 5.74) is 2.01. The summed E-state index contributed by atoms with van der Waals surface area (Å²) in [7, 11) is 0. The molecule has 1 fully saturated rings. The molecule has 5 nitrogen and oxygen atoms in total. The lowest BCUT2D eigenvalue weighted by Crippen LogP contribution is -2.42. The van der Waals surface area contributed by atoms with E-state index in [0.717, 1.165) is 18.8 Å². The number of amides is 1. The molecular formula is C21H23Cl2N3O2S. The molecule has 8 heteroatoms. The minimum Gasteiger partial charge on any atom is -0.479 e. The van der Waals surface area contributed by atoms with Gasteiger partial charge in [-0.25, -0.2) is 0 Å². The molecule has 0 saturated carbocycles. The van der Waals surface area contributed by atoms with Crippen molar-refractivity contribution in [2.45, 2.75) is 32.3 Å². The van der Waals surface area contributed by atoms with Gasteiger partial charge in [-0.05, 0) is 80.9 Å². The second-order valence-corrected chi connectivity index (χ2v) is 8.12. The first-order valence-electron chi connectivity index (χ1n) is 9.51. The van der Waals surface area contributed by atoms with Crippen molar-refractivity contribution in [3.63, 3.8) is 0 Å². The number of carbonyl (C=O) groups is 1. The minimum atomic E-state index is -0.782. The maximum absolute atomic E-state index is 12.3. The van der Waals surface area contributed by atoms with Gasteiger partial charge in [-0.3, -0.25) is 10.1 Å². The Labute approximate surface area is 186 Å². The van der Waals surface area contributed by atoms with E-state index in [-0.39, 0.29) is 11.0 Å². The van der Waals surface area contributed by atoms with Crippen LogP contribution in [0.4, 0.5) is 11.4 Å². The van der Waals surface area contributed by atoms with E-state index in [1.807, 2.05) is 12.1 Å². The lowest BCUT2D eigenvalue weighted by molar-refractivity contribution is -0.125. The number of piperidine rings is 1. The van der Waals surface area contributed by atoms with Crippen LogP contribution >= 0.6 is 35.4 Å². The van der Waals surface area contributed by atoms with Gasteiger partial charge in [-0.2, -0.15) is 0 Å². The molecule has 154 valence electrons. The van der Waals surface area contributed by atoms with Gasteiger partial charge < -0.3 is 15.0 Å². The molecule has 1 saturated heterocycles. The fourth-order valence-corrected chi connectivity index (χ4v) is 3.77. The maximum atomic E-state index is 12.3. The highest BCUT2D eigenvalue weighted by molar-refractivity contribution is 7.80. The molecule has 1 amide bonds. The van der Waals surface area contributed by atoms with Gasteiger partial charge in [0.05, 0.1) is 5.02 Å². The van der Waals surface area contributed by atoms with Crippen LogP contribution in [-0.4, -0.2) is 30.2 Å². The molecule has 3 rings (SSSR count). The minimum absolute atomic E-state index is 0.207. The fourth-order valence-electron chi connectivity index (χ4n) is 3.10. The molecular weight excluding hydrogens is 429 g/mol. The molecule has 2 N–H and O–H groups in total. The number of benzene rings is 2. The molecule has 0 bridgehead atoms. The van der Waals surface area contributed by atoms with Crippen molar-refractivity contribution in [1.82, 2.24) is 5.32 Å². The second kappa shape index (κ2) is 10.1. The molecule has 0 aromatic heterocycles. The monoisotopic (exact) mass is 451 g/mol. The van der Waals surface area contributed by atoms with Crippen molar-refractivity contribution in [2.24, 2.45) is 0 Å². The lowest BCUT2D eigenvalue weighted by atomic mass is 10.1. The van der Waals surface area contributed by atoms with Crippen molar-refractivity contribution < 1.29 is 9.53 Å². The summed E-state index contributed by atoms with van der Waals surface area (Å²) >= 11 is 17.2. The number of rotatable bonds is 5. The summed E-state index contributed by atoms with van der Waals surface area (Å²) in [5, 5.41) is 6.70. The molecule has 1 aliphatic heterocycles. The average Bonchev–Trinajstić information content (AvgIpc) is 2.71. The Balaban J connectivity index is 1.50. The van der Waals surface area contributed by atoms with E-state index in [4.69, 9.17) is 40.2 Å². The van der Waals surface area contributed by atoms with Crippen LogP contribution < -0.4 is 20.3 Å². The predicted octanol–water partition coefficient (Wildman–Crippen LogP) is 5.26. The molecule has 1 aliphatic rings. The molecule has 2 aromatic carbocycles. The van der Waals surface area contributed by atoms with Crippen molar-refractivity contribution in [2.75, 3.05) is 23.3 Å². The molecule has 1 atom stereocenters. The van der Waals surface area contributed by atoms with Crippen molar-refractivity contribution in [3.05, 3.63) is 52.5 Å². The van der Waals surface area contributed by atoms with Gasteiger partial charge in [0.1, 0.15) is 5.75 Å². The van der Waals surface area contributed by atoms with E-state index >= 15 is 0 Å². The summed E-state index contributed by atoms with van der Waals surface area (Å²) in [6.07, 6.45) is 2.99. The Morgan fingerprint density at radius 1 is 1.10 bits per heavy atom. The van der Waals surface area contributed by atoms with Crippen LogP contribution in [0.1, 0.15) is 26.2 Å². The number of thiocarbonyl (C=S) groups is 1. The topological polar surface area (TPSA) is 53.6 Å². The number of nitrogens with zero attached hydrogens (tertiary/aromatic N) is 1. The van der Waals surface area contributed by atoms with Crippen molar-refractivity contribution in [3.8, 4) is 5.75 Å². The van der Waals surface area contributed by atoms with Crippen LogP contribution in [0.2, 0.25) is 10.0 Å². The van der Waals surface area contributed by atoms with Gasteiger partial charge in [0, 0.05) is 29.5 Å². The van der Waals surface area contributed by atoms with Crippen molar-refractivity contribution in [1.29, 1.82) is 0 Å². The Morgan fingerprint density at radius 2 is 1.79 bits per heavy atom. The number of halogens is 2. The zero-order valence-corrected chi connectivity index (χ0v) is 18.4. The Bertz CT molecular complexity index is 871. The van der Waals surface area contributed by atoms with Gasteiger partial charge >= 0.3 is 0 Å². The van der Waals surface area contributed by atoms with Gasteiger partial charge in [-0.15, -0.1) is 0 Å². The highest BCUT2D eigenvalue weighted by atomic mass is 35.5. The van der Waals surface area contributed by atoms with Gasteiger partial charge in [0.2, 0.25) is 0 Å². The Hall–Kier alpha value is -2.02. The smallest absolute Gasteiger partial charge is 0.266 e. The number of anilines is 2. The third-order valence-electron chi connectivity index (χ3n) is 4.65. The van der Waals surface area contributed by atoms with Crippen LogP contribution in [0.25, 0.3) is 0 Å². The van der Waals surface area contributed by atoms with E-state index in [0.29, 0.717) is 15.8 Å². The van der Waals surface area contributed by atoms with Gasteiger partial charge in [0.25, 0.3) is 5.91 Å². The number of hydrogen-bond donors (Lipinski definition) is 2. The quantitative estimate of drug-likeness (QED) is 0.606. The zero-order chi connectivity index (χ0) is 20.8. The average molecular weight is 452 g/mol. The highest BCUT2D eigenvalue weighted by Gasteiger charge is 2.18. The Kier molecular flexibility index (Phi) is 7.58. The summed E-state index contributed by atoms with van der Waals surface area (Å²) in [5.74, 6) is 0.00403. The summed E-state index contributed by atoms with van der Waals surface area (Å²) in [4.78, 5) is 14.7. The highest BCUT2D eigenvalue weighted by Crippen LogP contribution is 2.28. The number of carbonyl (C=O) groups excluding carboxylic acids is 1. The SMILES string of the molecule is C[C@H](Oc1ccc(Cl)cc1Cl)C(=O)NC(=S)Nc1ccc(N2CCCCC2)cc1. The Morgan fingerprint density at radius 3 is 2.45 bits per heavy atom. The normalized spacial score (nSPS) is 14.8. The summed E-state index contributed by atoms with van der Waals surface area (Å²) in [6.45, 7) is 3.81. The first kappa shape index (κ1) is 21.7. The first-order chi connectivity index (χ1) is 13.9. The van der Waals surface area contributed by atoms with Crippen molar-refractivity contribution >= 4 is 57.8 Å². The number of nitrogens with one attached hydrogen (secondary N) is 2. The molecule has 0 radical (unpaired) electrons. The number of ether oxygens (including phenoxy) is 1. The van der Waals surface area contributed by atoms with E-state index in [1.54, 1.807) is 25.1 Å². The standard InChI is InChI=1S/C21H23Cl2N3O2S/c1-14(28-19-10-5-15(22)13-18(19)23)20(27)25-21(29)24-16-6-8-17(9-7-16)26-11-3-2-4-12-26/h5-10,13-14H,2-4,11-12H2,1H3,(H2,24,25,27,29)/t14-/m0/s1. The molecule has 29 heavy (non-hydrogen) atoms. The van der Waals surface area contributed by atoms with Crippen LogP contribution in [-0.2, 0) is 4.79 Å². The molecule has 2 aromatic rings. The molecule has 0 spiro atoms. The third kappa shape index (κ3) is 6.23. The third-order valence-corrected chi connectivity index (χ3v) is 5.38.